The lowest BCUT2D eigenvalue weighted by atomic mass is 10.0. The minimum Gasteiger partial charge on any atom is -0.366 e. The van der Waals surface area contributed by atoms with Gasteiger partial charge in [0.1, 0.15) is 0 Å². The highest BCUT2D eigenvalue weighted by molar-refractivity contribution is 4.50. The third kappa shape index (κ3) is 13.8. The molecule has 0 aromatic rings. The fourth-order valence-electron chi connectivity index (χ4n) is 1.91. The van der Waals surface area contributed by atoms with Crippen molar-refractivity contribution in [3.8, 4) is 0 Å². The van der Waals surface area contributed by atoms with E-state index in [9.17, 15) is 5.11 Å². The van der Waals surface area contributed by atoms with Gasteiger partial charge in [0.15, 0.2) is 6.29 Å². The molecule has 0 aliphatic heterocycles. The van der Waals surface area contributed by atoms with Gasteiger partial charge in [0.25, 0.3) is 0 Å². The molecule has 0 heterocycles. The van der Waals surface area contributed by atoms with Crippen LogP contribution in [-0.2, 0) is 9.78 Å². The molecule has 0 aliphatic carbocycles. The first kappa shape index (κ1) is 16.9. The van der Waals surface area contributed by atoms with E-state index in [4.69, 9.17) is 0 Å². The van der Waals surface area contributed by atoms with Gasteiger partial charge in [-0.2, -0.15) is 0 Å². The third-order valence-electron chi connectivity index (χ3n) is 2.94. The molecule has 1 unspecified atom stereocenters. The molecule has 0 radical (unpaired) electrons. The quantitative estimate of drug-likeness (QED) is 0.244. The molecule has 3 heteroatoms. The van der Waals surface area contributed by atoms with Crippen molar-refractivity contribution in [3.05, 3.63) is 0 Å². The smallest absolute Gasteiger partial charge is 0.188 e. The van der Waals surface area contributed by atoms with Gasteiger partial charge in [-0.25, -0.2) is 9.78 Å². The van der Waals surface area contributed by atoms with Gasteiger partial charge in [-0.05, 0) is 12.3 Å². The molecular weight excluding hydrogens is 216 g/mol. The molecule has 0 saturated heterocycles. The number of aliphatic hydroxyl groups excluding tert-OH is 1. The first-order valence-electron chi connectivity index (χ1n) is 7.04. The molecule has 0 rings (SSSR count). The summed E-state index contributed by atoms with van der Waals surface area (Å²) in [5.74, 6) is 0.845. The van der Waals surface area contributed by atoms with Crippen LogP contribution in [0.25, 0.3) is 0 Å². The second-order valence-corrected chi connectivity index (χ2v) is 5.16. The Kier molecular flexibility index (Phi) is 12.3. The third-order valence-corrected chi connectivity index (χ3v) is 2.94. The summed E-state index contributed by atoms with van der Waals surface area (Å²) < 4.78 is 0. The minimum atomic E-state index is -0.758. The van der Waals surface area contributed by atoms with Crippen molar-refractivity contribution in [2.75, 3.05) is 7.11 Å². The lowest BCUT2D eigenvalue weighted by Crippen LogP contribution is -2.10. The second-order valence-electron chi connectivity index (χ2n) is 5.16. The second kappa shape index (κ2) is 12.3. The number of hydrogen-bond acceptors (Lipinski definition) is 3. The topological polar surface area (TPSA) is 38.7 Å². The van der Waals surface area contributed by atoms with Crippen molar-refractivity contribution < 1.29 is 14.9 Å². The minimum absolute atomic E-state index is 0.668. The molecular formula is C14H30O3. The summed E-state index contributed by atoms with van der Waals surface area (Å²) in [5.41, 5.74) is 0. The predicted octanol–water partition coefficient (Wildman–Crippen LogP) is 4.05. The molecule has 1 N–H and O–H groups in total. The van der Waals surface area contributed by atoms with Gasteiger partial charge in [-0.15, -0.1) is 0 Å². The van der Waals surface area contributed by atoms with E-state index in [1.807, 2.05) is 0 Å². The average Bonchev–Trinajstić information content (AvgIpc) is 2.27. The van der Waals surface area contributed by atoms with Crippen molar-refractivity contribution in [2.45, 2.75) is 77.9 Å². The van der Waals surface area contributed by atoms with Crippen LogP contribution < -0.4 is 0 Å². The summed E-state index contributed by atoms with van der Waals surface area (Å²) in [4.78, 5) is 8.97. The molecule has 0 aliphatic rings. The highest BCUT2D eigenvalue weighted by Crippen LogP contribution is 2.13. The monoisotopic (exact) mass is 246 g/mol. The number of unbranched alkanes of at least 4 members (excludes halogenated alkanes) is 6. The van der Waals surface area contributed by atoms with E-state index in [2.05, 4.69) is 23.6 Å². The summed E-state index contributed by atoms with van der Waals surface area (Å²) in [7, 11) is 1.42. The zero-order valence-electron chi connectivity index (χ0n) is 11.8. The zero-order valence-corrected chi connectivity index (χ0v) is 11.8. The molecule has 3 nitrogen and oxygen atoms in total. The van der Waals surface area contributed by atoms with Crippen LogP contribution in [0.2, 0.25) is 0 Å². The molecule has 104 valence electrons. The van der Waals surface area contributed by atoms with Crippen LogP contribution in [0, 0.1) is 5.92 Å². The molecule has 0 aromatic carbocycles. The fourth-order valence-corrected chi connectivity index (χ4v) is 1.91. The molecule has 0 spiro atoms. The summed E-state index contributed by atoms with van der Waals surface area (Å²) in [6.45, 7) is 4.57. The van der Waals surface area contributed by atoms with Crippen molar-refractivity contribution in [2.24, 2.45) is 5.92 Å². The highest BCUT2D eigenvalue weighted by Gasteiger charge is 2.03. The Morgan fingerprint density at radius 1 is 0.824 bits per heavy atom. The van der Waals surface area contributed by atoms with E-state index in [1.165, 1.54) is 52.1 Å². The Balaban J connectivity index is 3.03. The molecule has 1 atom stereocenters. The molecule has 0 aromatic heterocycles. The molecule has 0 saturated carbocycles. The van der Waals surface area contributed by atoms with Gasteiger partial charge in [0, 0.05) is 6.42 Å². The van der Waals surface area contributed by atoms with E-state index < -0.39 is 6.29 Å². The Morgan fingerprint density at radius 2 is 1.29 bits per heavy atom. The number of hydrogen-bond donors (Lipinski definition) is 1. The lowest BCUT2D eigenvalue weighted by Gasteiger charge is -2.08. The van der Waals surface area contributed by atoms with E-state index in [0.29, 0.717) is 6.42 Å². The molecule has 0 fully saturated rings. The maximum Gasteiger partial charge on any atom is 0.188 e. The van der Waals surface area contributed by atoms with Crippen LogP contribution in [0.3, 0.4) is 0 Å². The van der Waals surface area contributed by atoms with Crippen LogP contribution in [0.4, 0.5) is 0 Å². The maximum atomic E-state index is 9.23. The van der Waals surface area contributed by atoms with Gasteiger partial charge in [-0.3, -0.25) is 0 Å². The van der Waals surface area contributed by atoms with Gasteiger partial charge in [0.2, 0.25) is 0 Å². The Bertz CT molecular complexity index is 148. The SMILES string of the molecule is COOC(O)CCCCCCCCCC(C)C. The van der Waals surface area contributed by atoms with Crippen LogP contribution in [0.1, 0.15) is 71.6 Å². The first-order valence-corrected chi connectivity index (χ1v) is 7.04. The highest BCUT2D eigenvalue weighted by atomic mass is 17.2. The van der Waals surface area contributed by atoms with Crippen LogP contribution in [0.15, 0.2) is 0 Å². The largest absolute Gasteiger partial charge is 0.366 e. The summed E-state index contributed by atoms with van der Waals surface area (Å²) in [6, 6.07) is 0. The lowest BCUT2D eigenvalue weighted by molar-refractivity contribution is -0.355. The zero-order chi connectivity index (χ0) is 12.9. The van der Waals surface area contributed by atoms with Crippen LogP contribution >= 0.6 is 0 Å². The van der Waals surface area contributed by atoms with Crippen molar-refractivity contribution in [1.29, 1.82) is 0 Å². The van der Waals surface area contributed by atoms with E-state index in [1.54, 1.807) is 0 Å². The van der Waals surface area contributed by atoms with E-state index >= 15 is 0 Å². The number of rotatable bonds is 12. The number of aliphatic hydroxyl groups is 1. The molecule has 0 amide bonds. The van der Waals surface area contributed by atoms with Crippen LogP contribution in [-0.4, -0.2) is 18.5 Å². The maximum absolute atomic E-state index is 9.23. The molecule has 17 heavy (non-hydrogen) atoms. The van der Waals surface area contributed by atoms with Gasteiger partial charge in [0.05, 0.1) is 7.11 Å². The Hall–Kier alpha value is -0.120. The predicted molar refractivity (Wildman–Crippen MR) is 70.5 cm³/mol. The summed E-state index contributed by atoms with van der Waals surface area (Å²) in [6.07, 6.45) is 10.1. The van der Waals surface area contributed by atoms with Gasteiger partial charge in [-0.1, -0.05) is 58.8 Å². The molecule has 0 bridgehead atoms. The van der Waals surface area contributed by atoms with Crippen molar-refractivity contribution in [3.63, 3.8) is 0 Å². The van der Waals surface area contributed by atoms with Crippen molar-refractivity contribution in [1.82, 2.24) is 0 Å². The Morgan fingerprint density at radius 3 is 1.76 bits per heavy atom. The summed E-state index contributed by atoms with van der Waals surface area (Å²) >= 11 is 0. The van der Waals surface area contributed by atoms with Crippen molar-refractivity contribution >= 4 is 0 Å². The average molecular weight is 246 g/mol. The van der Waals surface area contributed by atoms with Gasteiger partial charge < -0.3 is 5.11 Å². The Labute approximate surface area is 106 Å². The summed E-state index contributed by atoms with van der Waals surface area (Å²) in [5, 5.41) is 9.23. The fraction of sp³-hybridized carbons (Fsp3) is 1.00. The van der Waals surface area contributed by atoms with E-state index in [-0.39, 0.29) is 0 Å². The normalized spacial score (nSPS) is 13.2. The van der Waals surface area contributed by atoms with Gasteiger partial charge >= 0.3 is 0 Å². The van der Waals surface area contributed by atoms with Crippen LogP contribution in [0.5, 0.6) is 0 Å². The first-order chi connectivity index (χ1) is 8.16. The van der Waals surface area contributed by atoms with E-state index in [0.717, 1.165) is 12.3 Å². The standard InChI is InChI=1S/C14H30O3/c1-13(2)11-9-7-5-4-6-8-10-12-14(15)17-16-3/h13-15H,4-12H2,1-3H3.